The van der Waals surface area contributed by atoms with Gasteiger partial charge < -0.3 is 19.9 Å². The van der Waals surface area contributed by atoms with Gasteiger partial charge in [-0.3, -0.25) is 4.79 Å². The van der Waals surface area contributed by atoms with E-state index in [0.29, 0.717) is 0 Å². The van der Waals surface area contributed by atoms with Crippen molar-refractivity contribution in [1.82, 2.24) is 4.98 Å². The molecule has 5 rings (SSSR count). The summed E-state index contributed by atoms with van der Waals surface area (Å²) in [6.07, 6.45) is 1.92. The minimum absolute atomic E-state index is 0.0265. The van der Waals surface area contributed by atoms with Crippen molar-refractivity contribution in [2.24, 2.45) is 5.92 Å². The fraction of sp³-hybridized carbons (Fsp3) is 0.417. The van der Waals surface area contributed by atoms with Gasteiger partial charge in [0.25, 0.3) is 0 Å². The van der Waals surface area contributed by atoms with Crippen LogP contribution in [0.25, 0.3) is 10.2 Å². The molecule has 1 aromatic heterocycles. The van der Waals surface area contributed by atoms with Crippen molar-refractivity contribution >= 4 is 44.0 Å². The van der Waals surface area contributed by atoms with Crippen LogP contribution in [0.2, 0.25) is 0 Å². The van der Waals surface area contributed by atoms with Gasteiger partial charge in [-0.05, 0) is 61.7 Å². The Labute approximate surface area is 186 Å². The zero-order valence-electron chi connectivity index (χ0n) is 17.8. The van der Waals surface area contributed by atoms with Crippen LogP contribution in [-0.2, 0) is 9.53 Å². The number of thiazole rings is 1. The molecular formula is C24H28N4O2S. The highest BCUT2D eigenvalue weighted by Crippen LogP contribution is 2.32. The van der Waals surface area contributed by atoms with Crippen molar-refractivity contribution in [3.63, 3.8) is 0 Å². The molecule has 2 aromatic carbocycles. The average molecular weight is 437 g/mol. The van der Waals surface area contributed by atoms with Gasteiger partial charge in [-0.2, -0.15) is 0 Å². The number of aromatic nitrogens is 1. The number of anilines is 3. The molecule has 0 spiro atoms. The second-order valence-corrected chi connectivity index (χ2v) is 9.40. The Balaban J connectivity index is 1.23. The summed E-state index contributed by atoms with van der Waals surface area (Å²) in [5.74, 6) is 0.0715. The van der Waals surface area contributed by atoms with Crippen LogP contribution < -0.4 is 15.1 Å². The number of ether oxygens (including phenoxy) is 1. The van der Waals surface area contributed by atoms with Gasteiger partial charge in [0.05, 0.1) is 29.3 Å². The fourth-order valence-corrected chi connectivity index (χ4v) is 5.44. The number of aryl methyl sites for hydroxylation is 1. The van der Waals surface area contributed by atoms with Gasteiger partial charge in [0.15, 0.2) is 5.13 Å². The molecule has 0 radical (unpaired) electrons. The standard InChI is InChI=1S/C24H28N4O2S/c1-17-4-9-21-22(15-17)31-24(26-21)28-10-2-3-18(16-28)23(29)25-19-5-7-20(8-6-19)27-11-13-30-14-12-27/h4-9,15,18H,2-3,10-14,16H2,1H3,(H,25,29). The van der Waals surface area contributed by atoms with Crippen LogP contribution in [0.4, 0.5) is 16.5 Å². The molecule has 0 saturated carbocycles. The number of carbonyl (C=O) groups excluding carboxylic acids is 1. The van der Waals surface area contributed by atoms with E-state index < -0.39 is 0 Å². The number of rotatable bonds is 4. The van der Waals surface area contributed by atoms with Crippen molar-refractivity contribution in [1.29, 1.82) is 0 Å². The van der Waals surface area contributed by atoms with Crippen LogP contribution in [0.15, 0.2) is 42.5 Å². The highest BCUT2D eigenvalue weighted by molar-refractivity contribution is 7.22. The predicted molar refractivity (Wildman–Crippen MR) is 127 cm³/mol. The van der Waals surface area contributed by atoms with Crippen LogP contribution in [0.3, 0.4) is 0 Å². The van der Waals surface area contributed by atoms with E-state index in [9.17, 15) is 4.79 Å². The summed E-state index contributed by atoms with van der Waals surface area (Å²) in [4.78, 5) is 22.4. The van der Waals surface area contributed by atoms with Crippen LogP contribution in [0, 0.1) is 12.8 Å². The van der Waals surface area contributed by atoms with Crippen molar-refractivity contribution < 1.29 is 9.53 Å². The number of nitrogens with one attached hydrogen (secondary N) is 1. The molecule has 1 amide bonds. The highest BCUT2D eigenvalue weighted by Gasteiger charge is 2.27. The second kappa shape index (κ2) is 8.85. The summed E-state index contributed by atoms with van der Waals surface area (Å²) in [5, 5.41) is 4.14. The van der Waals surface area contributed by atoms with Crippen molar-refractivity contribution in [3.8, 4) is 0 Å². The lowest BCUT2D eigenvalue weighted by molar-refractivity contribution is -0.120. The molecule has 3 aromatic rings. The molecule has 7 heteroatoms. The maximum atomic E-state index is 13.0. The van der Waals surface area contributed by atoms with E-state index in [1.807, 2.05) is 12.1 Å². The average Bonchev–Trinajstić information content (AvgIpc) is 3.23. The summed E-state index contributed by atoms with van der Waals surface area (Å²) in [5.41, 5.74) is 4.32. The molecular weight excluding hydrogens is 408 g/mol. The molecule has 162 valence electrons. The summed E-state index contributed by atoms with van der Waals surface area (Å²) >= 11 is 1.72. The molecule has 31 heavy (non-hydrogen) atoms. The zero-order valence-corrected chi connectivity index (χ0v) is 18.7. The Kier molecular flexibility index (Phi) is 5.78. The summed E-state index contributed by atoms with van der Waals surface area (Å²) < 4.78 is 6.63. The first kappa shape index (κ1) is 20.3. The van der Waals surface area contributed by atoms with E-state index in [-0.39, 0.29) is 11.8 Å². The number of hydrogen-bond acceptors (Lipinski definition) is 6. The van der Waals surface area contributed by atoms with E-state index in [0.717, 1.165) is 68.6 Å². The Bertz CT molecular complexity index is 1060. The van der Waals surface area contributed by atoms with Gasteiger partial charge >= 0.3 is 0 Å². The smallest absolute Gasteiger partial charge is 0.229 e. The summed E-state index contributed by atoms with van der Waals surface area (Å²) in [6, 6.07) is 14.5. The number of fused-ring (bicyclic) bond motifs is 1. The van der Waals surface area contributed by atoms with Gasteiger partial charge in [0.2, 0.25) is 5.91 Å². The van der Waals surface area contributed by atoms with E-state index in [1.54, 1.807) is 11.3 Å². The van der Waals surface area contributed by atoms with Gasteiger partial charge in [-0.15, -0.1) is 0 Å². The monoisotopic (exact) mass is 436 g/mol. The number of benzene rings is 2. The molecule has 6 nitrogen and oxygen atoms in total. The maximum Gasteiger partial charge on any atom is 0.229 e. The van der Waals surface area contributed by atoms with E-state index in [4.69, 9.17) is 9.72 Å². The number of hydrogen-bond donors (Lipinski definition) is 1. The summed E-state index contributed by atoms with van der Waals surface area (Å²) in [6.45, 7) is 7.14. The molecule has 2 saturated heterocycles. The van der Waals surface area contributed by atoms with E-state index >= 15 is 0 Å². The van der Waals surface area contributed by atoms with Crippen molar-refractivity contribution in [3.05, 3.63) is 48.0 Å². The lowest BCUT2D eigenvalue weighted by atomic mass is 9.97. The van der Waals surface area contributed by atoms with Crippen LogP contribution in [0.5, 0.6) is 0 Å². The SMILES string of the molecule is Cc1ccc2nc(N3CCCC(C(=O)Nc4ccc(N5CCOCC5)cc4)C3)sc2c1. The van der Waals surface area contributed by atoms with Gasteiger partial charge in [-0.25, -0.2) is 4.98 Å². The van der Waals surface area contributed by atoms with Gasteiger partial charge in [0, 0.05) is 37.6 Å². The summed E-state index contributed by atoms with van der Waals surface area (Å²) in [7, 11) is 0. The maximum absolute atomic E-state index is 13.0. The molecule has 2 aliphatic heterocycles. The Morgan fingerprint density at radius 1 is 1.10 bits per heavy atom. The first-order chi connectivity index (χ1) is 15.2. The molecule has 3 heterocycles. The predicted octanol–water partition coefficient (Wildman–Crippen LogP) is 4.30. The molecule has 0 aliphatic carbocycles. The molecule has 2 fully saturated rings. The third-order valence-electron chi connectivity index (χ3n) is 6.11. The van der Waals surface area contributed by atoms with Crippen LogP contribution in [-0.4, -0.2) is 50.3 Å². The third kappa shape index (κ3) is 4.52. The number of morpholine rings is 1. The minimum atomic E-state index is -0.0265. The third-order valence-corrected chi connectivity index (χ3v) is 7.19. The van der Waals surface area contributed by atoms with Crippen molar-refractivity contribution in [2.45, 2.75) is 19.8 Å². The zero-order chi connectivity index (χ0) is 21.2. The first-order valence-corrected chi connectivity index (χ1v) is 11.8. The Morgan fingerprint density at radius 3 is 2.71 bits per heavy atom. The van der Waals surface area contributed by atoms with E-state index in [1.165, 1.54) is 16.0 Å². The largest absolute Gasteiger partial charge is 0.378 e. The second-order valence-electron chi connectivity index (χ2n) is 8.39. The number of nitrogens with zero attached hydrogens (tertiary/aromatic N) is 3. The quantitative estimate of drug-likeness (QED) is 0.661. The minimum Gasteiger partial charge on any atom is -0.378 e. The lowest BCUT2D eigenvalue weighted by Crippen LogP contribution is -2.40. The lowest BCUT2D eigenvalue weighted by Gasteiger charge is -2.31. The van der Waals surface area contributed by atoms with Crippen LogP contribution in [0.1, 0.15) is 18.4 Å². The first-order valence-electron chi connectivity index (χ1n) is 11.0. The number of amides is 1. The molecule has 0 bridgehead atoms. The Morgan fingerprint density at radius 2 is 1.90 bits per heavy atom. The molecule has 1 N–H and O–H groups in total. The normalized spacial score (nSPS) is 19.6. The van der Waals surface area contributed by atoms with Crippen molar-refractivity contribution in [2.75, 3.05) is 54.5 Å². The van der Waals surface area contributed by atoms with Crippen LogP contribution >= 0.6 is 11.3 Å². The van der Waals surface area contributed by atoms with Gasteiger partial charge in [-0.1, -0.05) is 17.4 Å². The molecule has 1 unspecified atom stereocenters. The fourth-order valence-electron chi connectivity index (χ4n) is 4.34. The number of piperidine rings is 1. The number of carbonyl (C=O) groups is 1. The van der Waals surface area contributed by atoms with Gasteiger partial charge in [0.1, 0.15) is 0 Å². The topological polar surface area (TPSA) is 57.7 Å². The highest BCUT2D eigenvalue weighted by atomic mass is 32.1. The molecule has 2 aliphatic rings. The van der Waals surface area contributed by atoms with E-state index in [2.05, 4.69) is 52.4 Å². The molecule has 1 atom stereocenters. The Hall–Kier alpha value is -2.64.